The minimum Gasteiger partial charge on any atom is -0.484 e. The number of aromatic nitrogens is 1. The summed E-state index contributed by atoms with van der Waals surface area (Å²) in [6, 6.07) is 12.3. The monoisotopic (exact) mass is 374 g/mol. The second kappa shape index (κ2) is 8.25. The summed E-state index contributed by atoms with van der Waals surface area (Å²) >= 11 is 1.27. The number of para-hydroxylation sites is 1. The average molecular weight is 374 g/mol. The van der Waals surface area contributed by atoms with Crippen LogP contribution in [-0.4, -0.2) is 30.8 Å². The minimum atomic E-state index is -0.426. The van der Waals surface area contributed by atoms with Gasteiger partial charge in [0, 0.05) is 13.7 Å². The molecule has 26 heavy (non-hydrogen) atoms. The van der Waals surface area contributed by atoms with E-state index in [9.17, 15) is 9.18 Å². The van der Waals surface area contributed by atoms with Crippen LogP contribution in [0, 0.1) is 12.7 Å². The van der Waals surface area contributed by atoms with E-state index in [1.165, 1.54) is 17.4 Å². The largest absolute Gasteiger partial charge is 0.484 e. The fourth-order valence-electron chi connectivity index (χ4n) is 2.55. The lowest BCUT2D eigenvalue weighted by atomic mass is 10.2. The van der Waals surface area contributed by atoms with Crippen molar-refractivity contribution in [1.82, 2.24) is 4.57 Å². The fourth-order valence-corrected chi connectivity index (χ4v) is 3.64. The van der Waals surface area contributed by atoms with Gasteiger partial charge in [-0.05, 0) is 36.8 Å². The molecule has 5 nitrogen and oxygen atoms in total. The van der Waals surface area contributed by atoms with Crippen molar-refractivity contribution in [3.8, 4) is 5.75 Å². The van der Waals surface area contributed by atoms with Crippen LogP contribution in [0.4, 0.5) is 4.39 Å². The Hall–Kier alpha value is -2.51. The Labute approximate surface area is 154 Å². The molecule has 0 saturated heterocycles. The third-order valence-electron chi connectivity index (χ3n) is 3.74. The molecule has 136 valence electrons. The summed E-state index contributed by atoms with van der Waals surface area (Å²) in [4.78, 5) is 16.8. The highest BCUT2D eigenvalue weighted by Crippen LogP contribution is 2.20. The predicted molar refractivity (Wildman–Crippen MR) is 98.9 cm³/mol. The van der Waals surface area contributed by atoms with Crippen LogP contribution in [0.25, 0.3) is 10.2 Å². The molecule has 0 spiro atoms. The Morgan fingerprint density at radius 1 is 1.27 bits per heavy atom. The maximum atomic E-state index is 14.2. The Balaban J connectivity index is 1.88. The molecule has 2 aromatic carbocycles. The lowest BCUT2D eigenvalue weighted by Gasteiger charge is -2.05. The molecule has 0 atom stereocenters. The zero-order valence-electron chi connectivity index (χ0n) is 14.6. The van der Waals surface area contributed by atoms with Gasteiger partial charge in [-0.1, -0.05) is 29.5 Å². The first-order valence-corrected chi connectivity index (χ1v) is 8.94. The Morgan fingerprint density at radius 3 is 2.85 bits per heavy atom. The molecule has 3 aromatic rings. The van der Waals surface area contributed by atoms with Crippen molar-refractivity contribution >= 4 is 27.5 Å². The number of aryl methyl sites for hydroxylation is 1. The number of benzene rings is 2. The van der Waals surface area contributed by atoms with Crippen molar-refractivity contribution in [1.29, 1.82) is 0 Å². The molecular formula is C19H19FN2O3S. The Kier molecular flexibility index (Phi) is 5.80. The quantitative estimate of drug-likeness (QED) is 0.665. The van der Waals surface area contributed by atoms with Gasteiger partial charge in [0.05, 0.1) is 16.8 Å². The van der Waals surface area contributed by atoms with Gasteiger partial charge in [0.2, 0.25) is 0 Å². The van der Waals surface area contributed by atoms with Crippen molar-refractivity contribution < 1.29 is 18.7 Å². The van der Waals surface area contributed by atoms with Gasteiger partial charge >= 0.3 is 0 Å². The van der Waals surface area contributed by atoms with Crippen molar-refractivity contribution in [2.75, 3.05) is 20.3 Å². The van der Waals surface area contributed by atoms with Gasteiger partial charge in [-0.2, -0.15) is 4.99 Å². The molecule has 0 aliphatic rings. The molecule has 1 amide bonds. The van der Waals surface area contributed by atoms with Gasteiger partial charge in [-0.15, -0.1) is 0 Å². The molecule has 7 heteroatoms. The highest BCUT2D eigenvalue weighted by molar-refractivity contribution is 7.16. The van der Waals surface area contributed by atoms with E-state index >= 15 is 0 Å². The molecule has 0 bridgehead atoms. The number of hydrogen-bond acceptors (Lipinski definition) is 4. The summed E-state index contributed by atoms with van der Waals surface area (Å²) in [5.41, 5.74) is 1.48. The van der Waals surface area contributed by atoms with Crippen LogP contribution in [-0.2, 0) is 16.1 Å². The maximum absolute atomic E-state index is 14.2. The van der Waals surface area contributed by atoms with Crippen LogP contribution in [0.1, 0.15) is 5.56 Å². The van der Waals surface area contributed by atoms with E-state index in [0.717, 1.165) is 10.3 Å². The lowest BCUT2D eigenvalue weighted by Crippen LogP contribution is -2.21. The first-order valence-electron chi connectivity index (χ1n) is 8.12. The molecule has 0 saturated carbocycles. The Morgan fingerprint density at radius 2 is 2.08 bits per heavy atom. The lowest BCUT2D eigenvalue weighted by molar-refractivity contribution is -0.120. The SMILES string of the molecule is COCCn1c(=NC(=O)COc2cccc(C)c2)sc2cccc(F)c21. The first-order chi connectivity index (χ1) is 12.6. The number of halogens is 1. The number of carbonyl (C=O) groups is 1. The van der Waals surface area contributed by atoms with E-state index < -0.39 is 5.91 Å². The van der Waals surface area contributed by atoms with Crippen LogP contribution in [0.5, 0.6) is 5.75 Å². The third kappa shape index (κ3) is 4.17. The van der Waals surface area contributed by atoms with Gasteiger partial charge in [0.1, 0.15) is 11.6 Å². The second-order valence-corrected chi connectivity index (χ2v) is 6.74. The summed E-state index contributed by atoms with van der Waals surface area (Å²) in [5, 5.41) is 0. The van der Waals surface area contributed by atoms with Crippen molar-refractivity contribution in [2.45, 2.75) is 13.5 Å². The molecule has 0 N–H and O–H groups in total. The maximum Gasteiger partial charge on any atom is 0.286 e. The third-order valence-corrected chi connectivity index (χ3v) is 4.79. The zero-order chi connectivity index (χ0) is 18.5. The van der Waals surface area contributed by atoms with Crippen molar-refractivity contribution in [3.05, 3.63) is 58.6 Å². The predicted octanol–water partition coefficient (Wildman–Crippen LogP) is 3.30. The molecule has 1 aromatic heterocycles. The van der Waals surface area contributed by atoms with E-state index in [0.29, 0.717) is 29.2 Å². The van der Waals surface area contributed by atoms with Gasteiger partial charge in [0.25, 0.3) is 5.91 Å². The number of nitrogens with zero attached hydrogens (tertiary/aromatic N) is 2. The second-order valence-electron chi connectivity index (χ2n) is 5.73. The fraction of sp³-hybridized carbons (Fsp3) is 0.263. The number of rotatable bonds is 6. The van der Waals surface area contributed by atoms with Crippen LogP contribution >= 0.6 is 11.3 Å². The normalized spacial score (nSPS) is 11.9. The highest BCUT2D eigenvalue weighted by Gasteiger charge is 2.12. The summed E-state index contributed by atoms with van der Waals surface area (Å²) < 4.78 is 27.2. The van der Waals surface area contributed by atoms with Gasteiger partial charge in [-0.3, -0.25) is 4.79 Å². The first kappa shape index (κ1) is 18.3. The van der Waals surface area contributed by atoms with Gasteiger partial charge < -0.3 is 14.0 Å². The van der Waals surface area contributed by atoms with Gasteiger partial charge in [0.15, 0.2) is 11.4 Å². The van der Waals surface area contributed by atoms with E-state index in [1.54, 1.807) is 29.9 Å². The number of fused-ring (bicyclic) bond motifs is 1. The molecule has 0 radical (unpaired) electrons. The van der Waals surface area contributed by atoms with E-state index in [-0.39, 0.29) is 12.4 Å². The molecular weight excluding hydrogens is 355 g/mol. The molecule has 3 rings (SSSR count). The molecule has 0 unspecified atom stereocenters. The number of thiazole rings is 1. The molecule has 0 aliphatic heterocycles. The number of amides is 1. The average Bonchev–Trinajstić information content (AvgIpc) is 2.96. The van der Waals surface area contributed by atoms with Gasteiger partial charge in [-0.25, -0.2) is 4.39 Å². The Bertz CT molecular complexity index is 994. The minimum absolute atomic E-state index is 0.176. The van der Waals surface area contributed by atoms with E-state index in [1.807, 2.05) is 25.1 Å². The summed E-state index contributed by atoms with van der Waals surface area (Å²) in [7, 11) is 1.57. The zero-order valence-corrected chi connectivity index (χ0v) is 15.4. The molecule has 0 fully saturated rings. The molecule has 1 heterocycles. The van der Waals surface area contributed by atoms with Crippen LogP contribution in [0.15, 0.2) is 47.5 Å². The summed E-state index contributed by atoms with van der Waals surface area (Å²) in [6.45, 7) is 2.57. The van der Waals surface area contributed by atoms with Crippen LogP contribution in [0.3, 0.4) is 0 Å². The molecule has 0 aliphatic carbocycles. The van der Waals surface area contributed by atoms with Crippen LogP contribution < -0.4 is 9.54 Å². The van der Waals surface area contributed by atoms with E-state index in [2.05, 4.69) is 4.99 Å². The number of hydrogen-bond donors (Lipinski definition) is 0. The van der Waals surface area contributed by atoms with E-state index in [4.69, 9.17) is 9.47 Å². The topological polar surface area (TPSA) is 52.8 Å². The number of carbonyl (C=O) groups excluding carboxylic acids is 1. The van der Waals surface area contributed by atoms with Crippen molar-refractivity contribution in [2.24, 2.45) is 4.99 Å². The number of ether oxygens (including phenoxy) is 2. The van der Waals surface area contributed by atoms with Crippen LogP contribution in [0.2, 0.25) is 0 Å². The number of methoxy groups -OCH3 is 1. The smallest absolute Gasteiger partial charge is 0.286 e. The highest BCUT2D eigenvalue weighted by atomic mass is 32.1. The summed E-state index contributed by atoms with van der Waals surface area (Å²) in [6.07, 6.45) is 0. The van der Waals surface area contributed by atoms with Crippen molar-refractivity contribution in [3.63, 3.8) is 0 Å². The standard InChI is InChI=1S/C19H19FN2O3S/c1-13-5-3-6-14(11-13)25-12-17(23)21-19-22(9-10-24-2)18-15(20)7-4-8-16(18)26-19/h3-8,11H,9-10,12H2,1-2H3. The summed E-state index contributed by atoms with van der Waals surface area (Å²) in [5.74, 6) is -0.160.